The lowest BCUT2D eigenvalue weighted by atomic mass is 10.1. The molecule has 1 heterocycles. The van der Waals surface area contributed by atoms with Crippen LogP contribution in [0.4, 0.5) is 5.69 Å². The van der Waals surface area contributed by atoms with Gasteiger partial charge in [0.25, 0.3) is 0 Å². The van der Waals surface area contributed by atoms with Crippen molar-refractivity contribution >= 4 is 46.3 Å². The second kappa shape index (κ2) is 8.52. The molecule has 4 rings (SSSR count). The summed E-state index contributed by atoms with van der Waals surface area (Å²) >= 11 is 14.4. The van der Waals surface area contributed by atoms with Crippen LogP contribution in [0, 0.1) is 0 Å². The number of anilines is 1. The van der Waals surface area contributed by atoms with Crippen LogP contribution in [0.15, 0.2) is 77.7 Å². The maximum Gasteiger partial charge on any atom is 0.120 e. The Labute approximate surface area is 179 Å². The lowest BCUT2D eigenvalue weighted by Gasteiger charge is -2.15. The third-order valence-electron chi connectivity index (χ3n) is 4.47. The highest BCUT2D eigenvalue weighted by Crippen LogP contribution is 2.47. The minimum absolute atomic E-state index is 0.0602. The molecule has 0 aliphatic carbocycles. The standard InChI is InChI=1S/C23H19Cl2NOS/c1-2-27-17-11-12-20-23(13-17)28-22(18-5-3-4-6-19(18)25)14-21(26-20)15-7-9-16(24)10-8-15/h3-14,22,26H,2H2,1H3. The molecule has 1 aliphatic rings. The minimum atomic E-state index is 0.0602. The fraction of sp³-hybridized carbons (Fsp3) is 0.130. The Kier molecular flexibility index (Phi) is 5.86. The molecule has 3 aromatic carbocycles. The van der Waals surface area contributed by atoms with Crippen LogP contribution >= 0.6 is 35.0 Å². The van der Waals surface area contributed by atoms with E-state index in [0.717, 1.165) is 43.2 Å². The van der Waals surface area contributed by atoms with Crippen molar-refractivity contribution in [1.82, 2.24) is 0 Å². The summed E-state index contributed by atoms with van der Waals surface area (Å²) in [6, 6.07) is 22.0. The minimum Gasteiger partial charge on any atom is -0.494 e. The van der Waals surface area contributed by atoms with Crippen molar-refractivity contribution in [3.8, 4) is 5.75 Å². The quantitative estimate of drug-likeness (QED) is 0.460. The summed E-state index contributed by atoms with van der Waals surface area (Å²) in [6.45, 7) is 2.63. The van der Waals surface area contributed by atoms with Crippen molar-refractivity contribution in [3.63, 3.8) is 0 Å². The Hall–Kier alpha value is -2.07. The van der Waals surface area contributed by atoms with Crippen LogP contribution in [0.1, 0.15) is 23.3 Å². The monoisotopic (exact) mass is 427 g/mol. The van der Waals surface area contributed by atoms with E-state index >= 15 is 0 Å². The summed E-state index contributed by atoms with van der Waals surface area (Å²) in [5.74, 6) is 0.864. The first kappa shape index (κ1) is 19.3. The number of halogens is 2. The van der Waals surface area contributed by atoms with Gasteiger partial charge in [0.05, 0.1) is 17.5 Å². The van der Waals surface area contributed by atoms with Crippen molar-refractivity contribution in [1.29, 1.82) is 0 Å². The molecule has 1 aliphatic heterocycles. The second-order valence-corrected chi connectivity index (χ2v) is 8.39. The van der Waals surface area contributed by atoms with Gasteiger partial charge >= 0.3 is 0 Å². The number of hydrogen-bond donors (Lipinski definition) is 1. The molecule has 0 saturated heterocycles. The molecule has 28 heavy (non-hydrogen) atoms. The summed E-state index contributed by atoms with van der Waals surface area (Å²) in [6.07, 6.45) is 2.22. The van der Waals surface area contributed by atoms with Crippen molar-refractivity contribution in [2.75, 3.05) is 11.9 Å². The summed E-state index contributed by atoms with van der Waals surface area (Å²) in [7, 11) is 0. The van der Waals surface area contributed by atoms with E-state index in [1.54, 1.807) is 11.8 Å². The smallest absolute Gasteiger partial charge is 0.120 e. The van der Waals surface area contributed by atoms with Crippen LogP contribution < -0.4 is 10.1 Å². The molecular weight excluding hydrogens is 409 g/mol. The number of benzene rings is 3. The predicted molar refractivity (Wildman–Crippen MR) is 121 cm³/mol. The molecule has 0 amide bonds. The van der Waals surface area contributed by atoms with Gasteiger partial charge in [-0.3, -0.25) is 0 Å². The van der Waals surface area contributed by atoms with E-state index in [9.17, 15) is 0 Å². The van der Waals surface area contributed by atoms with E-state index < -0.39 is 0 Å². The van der Waals surface area contributed by atoms with Crippen LogP contribution in [-0.4, -0.2) is 6.61 Å². The van der Waals surface area contributed by atoms with Gasteiger partial charge in [0.15, 0.2) is 0 Å². The molecule has 3 aromatic rings. The fourth-order valence-corrected chi connectivity index (χ4v) is 4.81. The normalized spacial score (nSPS) is 15.8. The number of hydrogen-bond acceptors (Lipinski definition) is 3. The van der Waals surface area contributed by atoms with E-state index in [0.29, 0.717) is 6.61 Å². The highest BCUT2D eigenvalue weighted by atomic mass is 35.5. The Balaban J connectivity index is 1.81. The van der Waals surface area contributed by atoms with Crippen molar-refractivity contribution in [3.05, 3.63) is 94.0 Å². The molecule has 5 heteroatoms. The van der Waals surface area contributed by atoms with Gasteiger partial charge in [0, 0.05) is 20.6 Å². The average Bonchev–Trinajstić information content (AvgIpc) is 2.88. The van der Waals surface area contributed by atoms with Crippen LogP contribution in [0.3, 0.4) is 0 Å². The zero-order valence-electron chi connectivity index (χ0n) is 15.3. The predicted octanol–water partition coefficient (Wildman–Crippen LogP) is 7.69. The van der Waals surface area contributed by atoms with Crippen LogP contribution in [0.25, 0.3) is 5.70 Å². The summed E-state index contributed by atoms with van der Waals surface area (Å²) in [5.41, 5.74) is 4.22. The van der Waals surface area contributed by atoms with E-state index in [1.807, 2.05) is 55.5 Å². The summed E-state index contributed by atoms with van der Waals surface area (Å²) in [4.78, 5) is 1.12. The van der Waals surface area contributed by atoms with E-state index in [1.165, 1.54) is 0 Å². The van der Waals surface area contributed by atoms with Gasteiger partial charge in [0.2, 0.25) is 0 Å². The van der Waals surface area contributed by atoms with Gasteiger partial charge in [-0.2, -0.15) is 0 Å². The summed E-state index contributed by atoms with van der Waals surface area (Å²) < 4.78 is 5.70. The van der Waals surface area contributed by atoms with Gasteiger partial charge in [-0.15, -0.1) is 11.8 Å². The number of nitrogens with one attached hydrogen (secondary N) is 1. The maximum absolute atomic E-state index is 6.53. The molecule has 0 bridgehead atoms. The Morgan fingerprint density at radius 1 is 1.00 bits per heavy atom. The van der Waals surface area contributed by atoms with Gasteiger partial charge in [0.1, 0.15) is 5.75 Å². The zero-order chi connectivity index (χ0) is 19.5. The van der Waals surface area contributed by atoms with Crippen molar-refractivity contribution < 1.29 is 4.74 Å². The fourth-order valence-electron chi connectivity index (χ4n) is 3.13. The van der Waals surface area contributed by atoms with E-state index in [4.69, 9.17) is 27.9 Å². The third-order valence-corrected chi connectivity index (χ3v) is 6.30. The SMILES string of the molecule is CCOc1ccc2c(c1)SC(c1ccccc1Cl)C=C(c1ccc(Cl)cc1)N2. The Morgan fingerprint density at radius 3 is 2.54 bits per heavy atom. The molecule has 0 saturated carbocycles. The Bertz CT molecular complexity index is 1020. The van der Waals surface area contributed by atoms with Gasteiger partial charge < -0.3 is 10.1 Å². The molecule has 1 unspecified atom stereocenters. The van der Waals surface area contributed by atoms with E-state index in [2.05, 4.69) is 29.6 Å². The molecule has 142 valence electrons. The lowest BCUT2D eigenvalue weighted by Crippen LogP contribution is -2.00. The van der Waals surface area contributed by atoms with Crippen LogP contribution in [0.5, 0.6) is 5.75 Å². The van der Waals surface area contributed by atoms with Crippen molar-refractivity contribution in [2.45, 2.75) is 17.1 Å². The molecule has 1 N–H and O–H groups in total. The topological polar surface area (TPSA) is 21.3 Å². The van der Waals surface area contributed by atoms with Gasteiger partial charge in [-0.25, -0.2) is 0 Å². The molecule has 1 atom stereocenters. The third kappa shape index (κ3) is 4.17. The highest BCUT2D eigenvalue weighted by Gasteiger charge is 2.22. The molecule has 0 fully saturated rings. The van der Waals surface area contributed by atoms with Gasteiger partial charge in [-0.1, -0.05) is 53.5 Å². The molecule has 0 radical (unpaired) electrons. The van der Waals surface area contributed by atoms with Crippen LogP contribution in [-0.2, 0) is 0 Å². The molecule has 0 aromatic heterocycles. The molecule has 0 spiro atoms. The number of thioether (sulfide) groups is 1. The second-order valence-electron chi connectivity index (χ2n) is 6.36. The molecule has 2 nitrogen and oxygen atoms in total. The van der Waals surface area contributed by atoms with Crippen LogP contribution in [0.2, 0.25) is 10.0 Å². The molecular formula is C23H19Cl2NOS. The average molecular weight is 428 g/mol. The largest absolute Gasteiger partial charge is 0.494 e. The van der Waals surface area contributed by atoms with E-state index in [-0.39, 0.29) is 5.25 Å². The number of ether oxygens (including phenoxy) is 1. The highest BCUT2D eigenvalue weighted by molar-refractivity contribution is 7.99. The first-order valence-electron chi connectivity index (χ1n) is 9.07. The first-order chi connectivity index (χ1) is 13.6. The first-order valence-corrected chi connectivity index (χ1v) is 10.7. The summed E-state index contributed by atoms with van der Waals surface area (Å²) in [5, 5.41) is 5.12. The van der Waals surface area contributed by atoms with Gasteiger partial charge in [-0.05, 0) is 60.5 Å². The number of rotatable bonds is 4. The van der Waals surface area contributed by atoms with Crippen molar-refractivity contribution in [2.24, 2.45) is 0 Å². The zero-order valence-corrected chi connectivity index (χ0v) is 17.6. The maximum atomic E-state index is 6.53. The Morgan fingerprint density at radius 2 is 1.79 bits per heavy atom. The number of fused-ring (bicyclic) bond motifs is 1. The lowest BCUT2D eigenvalue weighted by molar-refractivity contribution is 0.339.